The van der Waals surface area contributed by atoms with Crippen LogP contribution in [0.4, 0.5) is 5.82 Å². The van der Waals surface area contributed by atoms with Gasteiger partial charge in [0.2, 0.25) is 0 Å². The zero-order chi connectivity index (χ0) is 34.0. The fourth-order valence-electron chi connectivity index (χ4n) is 5.38. The van der Waals surface area contributed by atoms with Crippen molar-refractivity contribution in [3.05, 3.63) is 98.9 Å². The number of rotatable bonds is 8. The standard InChI is InChI=1S/C30H31N3O4S2.C5H8N2O/c1-6-37-17-24-15-22(9-12-25(24)26-14-20(4)38-30(26)39(34,35)36)16-33-27-13-19(3)31-21(5)28(27)29(32-33)23-10-7-18(2)8-11-23;1-3-4(2)8-7-5(3)6/h7-15H,6,16-17H2,1-5H3,(H,34,35,36);1-2H3,(H2,6,7). The summed E-state index contributed by atoms with van der Waals surface area (Å²) in [5.41, 5.74) is 15.3. The minimum Gasteiger partial charge on any atom is -0.381 e. The summed E-state index contributed by atoms with van der Waals surface area (Å²) < 4.78 is 46.5. The number of nitrogen functional groups attached to an aromatic ring is 1. The number of hydrogen-bond acceptors (Lipinski definition) is 9. The summed E-state index contributed by atoms with van der Waals surface area (Å²) in [6.45, 7) is 14.9. The van der Waals surface area contributed by atoms with E-state index in [1.807, 2.05) is 64.4 Å². The molecule has 0 aliphatic heterocycles. The molecule has 0 radical (unpaired) electrons. The number of thiophene rings is 1. The molecule has 0 fully saturated rings. The lowest BCUT2D eigenvalue weighted by molar-refractivity contribution is 0.134. The van der Waals surface area contributed by atoms with Gasteiger partial charge in [-0.3, -0.25) is 14.2 Å². The summed E-state index contributed by atoms with van der Waals surface area (Å²) in [4.78, 5) is 5.51. The van der Waals surface area contributed by atoms with Crippen molar-refractivity contribution in [3.63, 3.8) is 0 Å². The minimum atomic E-state index is -4.36. The molecule has 0 unspecified atom stereocenters. The maximum atomic E-state index is 12.1. The Labute approximate surface area is 279 Å². The van der Waals surface area contributed by atoms with Crippen molar-refractivity contribution in [3.8, 4) is 22.4 Å². The van der Waals surface area contributed by atoms with Crippen molar-refractivity contribution >= 4 is 38.2 Å². The van der Waals surface area contributed by atoms with E-state index in [-0.39, 0.29) is 4.21 Å². The highest BCUT2D eigenvalue weighted by Crippen LogP contribution is 2.38. The van der Waals surface area contributed by atoms with E-state index in [0.29, 0.717) is 31.1 Å². The van der Waals surface area contributed by atoms with Crippen LogP contribution in [0.25, 0.3) is 33.3 Å². The highest BCUT2D eigenvalue weighted by molar-refractivity contribution is 7.88. The van der Waals surface area contributed by atoms with E-state index >= 15 is 0 Å². The highest BCUT2D eigenvalue weighted by Gasteiger charge is 2.23. The average Bonchev–Trinajstić information content (AvgIpc) is 3.68. The van der Waals surface area contributed by atoms with E-state index in [9.17, 15) is 13.0 Å². The van der Waals surface area contributed by atoms with Crippen molar-refractivity contribution < 1.29 is 22.2 Å². The van der Waals surface area contributed by atoms with Crippen LogP contribution in [-0.4, -0.2) is 39.5 Å². The number of nitrogens with zero attached hydrogens (tertiary/aromatic N) is 4. The van der Waals surface area contributed by atoms with E-state index in [1.54, 1.807) is 6.07 Å². The molecule has 0 saturated carbocycles. The smallest absolute Gasteiger partial charge is 0.304 e. The lowest BCUT2D eigenvalue weighted by Crippen LogP contribution is -2.05. The summed E-state index contributed by atoms with van der Waals surface area (Å²) in [7, 11) is -4.36. The molecular formula is C35H39N5O5S2. The van der Waals surface area contributed by atoms with Gasteiger partial charge < -0.3 is 15.0 Å². The van der Waals surface area contributed by atoms with Crippen LogP contribution in [0, 0.1) is 41.5 Å². The van der Waals surface area contributed by atoms with Gasteiger partial charge in [0.15, 0.2) is 10.0 Å². The van der Waals surface area contributed by atoms with Crippen LogP contribution in [-0.2, 0) is 28.0 Å². The number of hydrogen-bond donors (Lipinski definition) is 2. The molecule has 3 N–H and O–H groups in total. The van der Waals surface area contributed by atoms with E-state index in [4.69, 9.17) is 25.1 Å². The highest BCUT2D eigenvalue weighted by atomic mass is 32.3. The molecule has 6 rings (SSSR count). The SMILES string of the molecule is CCOCc1cc(Cn2nc(-c3ccc(C)cc3)c3c(C)nc(C)cc32)ccc1-c1cc(C)sc1S(=O)(=O)O.Cc1onc(N)c1C. The molecule has 12 heteroatoms. The number of anilines is 1. The molecule has 47 heavy (non-hydrogen) atoms. The van der Waals surface area contributed by atoms with Crippen LogP contribution in [0.5, 0.6) is 0 Å². The van der Waals surface area contributed by atoms with Crippen LogP contribution < -0.4 is 5.73 Å². The van der Waals surface area contributed by atoms with E-state index in [2.05, 4.69) is 42.4 Å². The third-order valence-electron chi connectivity index (χ3n) is 7.87. The Balaban J connectivity index is 0.000000474. The van der Waals surface area contributed by atoms with Gasteiger partial charge in [0.25, 0.3) is 0 Å². The zero-order valence-electron chi connectivity index (χ0n) is 27.6. The first-order chi connectivity index (χ1) is 22.3. The zero-order valence-corrected chi connectivity index (χ0v) is 29.2. The summed E-state index contributed by atoms with van der Waals surface area (Å²) >= 11 is 1.06. The monoisotopic (exact) mass is 673 g/mol. The van der Waals surface area contributed by atoms with Crippen LogP contribution >= 0.6 is 11.3 Å². The first-order valence-corrected chi connectivity index (χ1v) is 17.4. The second kappa shape index (κ2) is 13.8. The number of benzene rings is 2. The Bertz CT molecular complexity index is 2140. The minimum absolute atomic E-state index is 0.0511. The fourth-order valence-corrected chi connectivity index (χ4v) is 7.39. The molecule has 0 aliphatic carbocycles. The van der Waals surface area contributed by atoms with Gasteiger partial charge in [-0.05, 0) is 77.3 Å². The first-order valence-electron chi connectivity index (χ1n) is 15.1. The molecule has 0 aliphatic rings. The second-order valence-electron chi connectivity index (χ2n) is 11.5. The second-order valence-corrected chi connectivity index (χ2v) is 14.4. The maximum absolute atomic E-state index is 12.1. The maximum Gasteiger partial charge on any atom is 0.304 e. The summed E-state index contributed by atoms with van der Waals surface area (Å²) in [5, 5.41) is 9.59. The molecule has 0 atom stereocenters. The van der Waals surface area contributed by atoms with E-state index < -0.39 is 10.1 Å². The predicted octanol–water partition coefficient (Wildman–Crippen LogP) is 7.77. The average molecular weight is 674 g/mol. The number of aromatic nitrogens is 4. The Morgan fingerprint density at radius 3 is 2.30 bits per heavy atom. The molecule has 0 amide bonds. The molecule has 4 aromatic heterocycles. The van der Waals surface area contributed by atoms with Gasteiger partial charge >= 0.3 is 10.1 Å². The molecule has 0 bridgehead atoms. The van der Waals surface area contributed by atoms with Gasteiger partial charge in [-0.25, -0.2) is 0 Å². The normalized spacial score (nSPS) is 11.6. The third-order valence-corrected chi connectivity index (χ3v) is 10.3. The van der Waals surface area contributed by atoms with Gasteiger partial charge in [-0.1, -0.05) is 53.2 Å². The first kappa shape index (κ1) is 34.0. The third kappa shape index (κ3) is 7.46. The van der Waals surface area contributed by atoms with Gasteiger partial charge in [0.05, 0.1) is 18.7 Å². The summed E-state index contributed by atoms with van der Waals surface area (Å²) in [5.74, 6) is 1.28. The molecule has 0 spiro atoms. The number of aryl methyl sites for hydroxylation is 5. The predicted molar refractivity (Wildman–Crippen MR) is 186 cm³/mol. The number of fused-ring (bicyclic) bond motifs is 1. The van der Waals surface area contributed by atoms with E-state index in [0.717, 1.165) is 77.8 Å². The molecule has 0 saturated heterocycles. The molecular weight excluding hydrogens is 635 g/mol. The number of pyridine rings is 1. The van der Waals surface area contributed by atoms with Crippen molar-refractivity contribution in [2.45, 2.75) is 65.8 Å². The summed E-state index contributed by atoms with van der Waals surface area (Å²) in [6.07, 6.45) is 0. The fraction of sp³-hybridized carbons (Fsp3) is 0.286. The van der Waals surface area contributed by atoms with Crippen LogP contribution in [0.2, 0.25) is 0 Å². The van der Waals surface area contributed by atoms with E-state index in [1.165, 1.54) is 5.56 Å². The largest absolute Gasteiger partial charge is 0.381 e. The van der Waals surface area contributed by atoms with Crippen LogP contribution in [0.3, 0.4) is 0 Å². The van der Waals surface area contributed by atoms with Gasteiger partial charge in [0.1, 0.15) is 11.5 Å². The molecule has 10 nitrogen and oxygen atoms in total. The van der Waals surface area contributed by atoms with Crippen molar-refractivity contribution in [2.24, 2.45) is 0 Å². The van der Waals surface area contributed by atoms with Crippen LogP contribution in [0.15, 0.2) is 63.3 Å². The topological polar surface area (TPSA) is 146 Å². The van der Waals surface area contributed by atoms with Crippen LogP contribution in [0.1, 0.15) is 51.2 Å². The van der Waals surface area contributed by atoms with Crippen molar-refractivity contribution in [1.82, 2.24) is 19.9 Å². The quantitative estimate of drug-likeness (QED) is 0.155. The lowest BCUT2D eigenvalue weighted by atomic mass is 9.99. The van der Waals surface area contributed by atoms with Crippen molar-refractivity contribution in [2.75, 3.05) is 12.3 Å². The van der Waals surface area contributed by atoms with Gasteiger partial charge in [0, 0.05) is 44.9 Å². The Kier molecular flexibility index (Phi) is 9.97. The molecule has 246 valence electrons. The Morgan fingerprint density at radius 2 is 1.70 bits per heavy atom. The Morgan fingerprint density at radius 1 is 0.979 bits per heavy atom. The number of ether oxygens (including phenoxy) is 1. The van der Waals surface area contributed by atoms with Gasteiger partial charge in [-0.15, -0.1) is 11.3 Å². The molecule has 4 heterocycles. The Hall–Kier alpha value is -4.36. The summed E-state index contributed by atoms with van der Waals surface area (Å²) in [6, 6.07) is 18.1. The molecule has 6 aromatic rings. The van der Waals surface area contributed by atoms with Gasteiger partial charge in [-0.2, -0.15) is 13.5 Å². The molecule has 2 aromatic carbocycles. The lowest BCUT2D eigenvalue weighted by Gasteiger charge is -2.13. The van der Waals surface area contributed by atoms with Crippen molar-refractivity contribution in [1.29, 1.82) is 0 Å². The number of nitrogens with two attached hydrogens (primary N) is 1.